The third kappa shape index (κ3) is 3.23. The van der Waals surface area contributed by atoms with Gasteiger partial charge in [-0.2, -0.15) is 0 Å². The maximum Gasteiger partial charge on any atom is 0.0503 e. The van der Waals surface area contributed by atoms with Crippen LogP contribution >= 0.6 is 0 Å². The molecule has 2 fully saturated rings. The normalized spacial score (nSPS) is 29.8. The van der Waals surface area contributed by atoms with Gasteiger partial charge in [0.05, 0.1) is 6.61 Å². The van der Waals surface area contributed by atoms with Crippen molar-refractivity contribution >= 4 is 0 Å². The first-order chi connectivity index (χ1) is 8.76. The summed E-state index contributed by atoms with van der Waals surface area (Å²) in [6, 6.07) is 1.25. The molecule has 4 heteroatoms. The Labute approximate surface area is 111 Å². The summed E-state index contributed by atoms with van der Waals surface area (Å²) in [6.45, 7) is 8.80. The summed E-state index contributed by atoms with van der Waals surface area (Å²) in [5, 5.41) is 0. The number of nitrogens with two attached hydrogens (primary N) is 1. The lowest BCUT2D eigenvalue weighted by Gasteiger charge is -2.35. The average molecular weight is 255 g/mol. The Balaban J connectivity index is 1.96. The molecule has 3 unspecified atom stereocenters. The summed E-state index contributed by atoms with van der Waals surface area (Å²) in [5.41, 5.74) is 6.01. The second-order valence-electron chi connectivity index (χ2n) is 5.92. The summed E-state index contributed by atoms with van der Waals surface area (Å²) < 4.78 is 5.30. The molecule has 18 heavy (non-hydrogen) atoms. The number of fused-ring (bicyclic) bond motifs is 1. The number of methoxy groups -OCH3 is 1. The van der Waals surface area contributed by atoms with Gasteiger partial charge < -0.3 is 10.5 Å². The van der Waals surface area contributed by atoms with E-state index in [2.05, 4.69) is 16.7 Å². The molecule has 2 heterocycles. The van der Waals surface area contributed by atoms with Crippen LogP contribution in [0.25, 0.3) is 0 Å². The van der Waals surface area contributed by atoms with Crippen molar-refractivity contribution < 1.29 is 4.74 Å². The van der Waals surface area contributed by atoms with Gasteiger partial charge in [-0.05, 0) is 44.8 Å². The van der Waals surface area contributed by atoms with Crippen LogP contribution in [0.5, 0.6) is 0 Å². The molecule has 106 valence electrons. The molecule has 2 aliphatic rings. The summed E-state index contributed by atoms with van der Waals surface area (Å²) >= 11 is 0. The molecule has 0 aromatic rings. The molecule has 0 radical (unpaired) electrons. The molecule has 0 aliphatic carbocycles. The molecule has 4 nitrogen and oxygen atoms in total. The molecule has 2 aliphatic heterocycles. The second-order valence-corrected chi connectivity index (χ2v) is 5.92. The fourth-order valence-corrected chi connectivity index (χ4v) is 3.65. The number of nitrogens with zero attached hydrogens (tertiary/aromatic N) is 2. The Bertz CT molecular complexity index is 249. The van der Waals surface area contributed by atoms with Crippen LogP contribution in [-0.4, -0.2) is 68.3 Å². The van der Waals surface area contributed by atoms with E-state index in [1.54, 1.807) is 7.11 Å². The van der Waals surface area contributed by atoms with Crippen LogP contribution in [0.1, 0.15) is 26.2 Å². The maximum atomic E-state index is 6.01. The summed E-state index contributed by atoms with van der Waals surface area (Å²) in [5.74, 6) is 0.521. The number of ether oxygens (including phenoxy) is 1. The monoisotopic (exact) mass is 255 g/mol. The van der Waals surface area contributed by atoms with Crippen molar-refractivity contribution in [3.63, 3.8) is 0 Å². The smallest absolute Gasteiger partial charge is 0.0503 e. The zero-order valence-corrected chi connectivity index (χ0v) is 12.0. The van der Waals surface area contributed by atoms with Crippen molar-refractivity contribution in [2.24, 2.45) is 11.7 Å². The molecule has 2 saturated heterocycles. The van der Waals surface area contributed by atoms with Crippen molar-refractivity contribution in [2.75, 3.05) is 46.4 Å². The van der Waals surface area contributed by atoms with Crippen LogP contribution in [0.2, 0.25) is 0 Å². The Morgan fingerprint density at radius 1 is 1.28 bits per heavy atom. The molecule has 0 amide bonds. The molecule has 0 aromatic carbocycles. The molecule has 0 saturated carbocycles. The lowest BCUT2D eigenvalue weighted by molar-refractivity contribution is 0.0804. The molecule has 0 spiro atoms. The quantitative estimate of drug-likeness (QED) is 0.788. The Morgan fingerprint density at radius 2 is 2.06 bits per heavy atom. The fourth-order valence-electron chi connectivity index (χ4n) is 3.65. The zero-order chi connectivity index (χ0) is 13.0. The van der Waals surface area contributed by atoms with Crippen LogP contribution in [0, 0.1) is 5.92 Å². The van der Waals surface area contributed by atoms with Crippen molar-refractivity contribution in [3.05, 3.63) is 0 Å². The van der Waals surface area contributed by atoms with Gasteiger partial charge in [-0.25, -0.2) is 0 Å². The van der Waals surface area contributed by atoms with Gasteiger partial charge >= 0.3 is 0 Å². The molecular weight excluding hydrogens is 226 g/mol. The van der Waals surface area contributed by atoms with E-state index in [1.807, 2.05) is 0 Å². The first kappa shape index (κ1) is 14.3. The minimum atomic E-state index is 0.477. The van der Waals surface area contributed by atoms with Crippen molar-refractivity contribution in [1.29, 1.82) is 0 Å². The lowest BCUT2D eigenvalue weighted by atomic mass is 10.00. The molecule has 2 N–H and O–H groups in total. The van der Waals surface area contributed by atoms with Crippen molar-refractivity contribution in [2.45, 2.75) is 38.3 Å². The van der Waals surface area contributed by atoms with E-state index in [9.17, 15) is 0 Å². The minimum absolute atomic E-state index is 0.477. The van der Waals surface area contributed by atoms with Crippen LogP contribution in [0.4, 0.5) is 0 Å². The molecule has 3 atom stereocenters. The van der Waals surface area contributed by atoms with Gasteiger partial charge in [0.1, 0.15) is 0 Å². The third-order valence-electron chi connectivity index (χ3n) is 4.63. The first-order valence-corrected chi connectivity index (χ1v) is 7.43. The minimum Gasteiger partial charge on any atom is -0.384 e. The van der Waals surface area contributed by atoms with E-state index >= 15 is 0 Å². The largest absolute Gasteiger partial charge is 0.384 e. The van der Waals surface area contributed by atoms with E-state index < -0.39 is 0 Å². The summed E-state index contributed by atoms with van der Waals surface area (Å²) in [4.78, 5) is 5.30. The zero-order valence-electron chi connectivity index (χ0n) is 12.0. The molecule has 0 aromatic heterocycles. The summed E-state index contributed by atoms with van der Waals surface area (Å²) in [6.07, 6.45) is 4.03. The van der Waals surface area contributed by atoms with Crippen LogP contribution < -0.4 is 5.73 Å². The molecule has 2 rings (SSSR count). The van der Waals surface area contributed by atoms with Gasteiger partial charge in [-0.1, -0.05) is 6.92 Å². The van der Waals surface area contributed by atoms with Crippen molar-refractivity contribution in [3.8, 4) is 0 Å². The van der Waals surface area contributed by atoms with Gasteiger partial charge in [-0.3, -0.25) is 9.80 Å². The van der Waals surface area contributed by atoms with E-state index in [-0.39, 0.29) is 0 Å². The highest BCUT2D eigenvalue weighted by molar-refractivity contribution is 4.89. The topological polar surface area (TPSA) is 41.7 Å². The van der Waals surface area contributed by atoms with Crippen molar-refractivity contribution in [1.82, 2.24) is 9.80 Å². The van der Waals surface area contributed by atoms with Gasteiger partial charge in [0.15, 0.2) is 0 Å². The number of hydrogen-bond acceptors (Lipinski definition) is 4. The SMILES string of the molecule is COCC(C)C(CN)N1CCCN2CCCC2C1. The summed E-state index contributed by atoms with van der Waals surface area (Å²) in [7, 11) is 1.78. The third-order valence-corrected chi connectivity index (χ3v) is 4.63. The van der Waals surface area contributed by atoms with Gasteiger partial charge in [0.25, 0.3) is 0 Å². The Morgan fingerprint density at radius 3 is 2.78 bits per heavy atom. The van der Waals surface area contributed by atoms with Gasteiger partial charge in [-0.15, -0.1) is 0 Å². The predicted molar refractivity (Wildman–Crippen MR) is 74.7 cm³/mol. The molecule has 0 bridgehead atoms. The predicted octanol–water partition coefficient (Wildman–Crippen LogP) is 0.766. The lowest BCUT2D eigenvalue weighted by Crippen LogP contribution is -2.49. The van der Waals surface area contributed by atoms with E-state index in [1.165, 1.54) is 45.4 Å². The van der Waals surface area contributed by atoms with E-state index in [0.29, 0.717) is 12.0 Å². The number of hydrogen-bond donors (Lipinski definition) is 1. The highest BCUT2D eigenvalue weighted by Gasteiger charge is 2.32. The van der Waals surface area contributed by atoms with Gasteiger partial charge in [0, 0.05) is 32.3 Å². The Kier molecular flexibility index (Phi) is 5.42. The van der Waals surface area contributed by atoms with Crippen LogP contribution in [-0.2, 0) is 4.74 Å². The van der Waals surface area contributed by atoms with E-state index in [4.69, 9.17) is 10.5 Å². The second kappa shape index (κ2) is 6.85. The average Bonchev–Trinajstić information content (AvgIpc) is 2.69. The highest BCUT2D eigenvalue weighted by Crippen LogP contribution is 2.23. The standard InChI is InChI=1S/C14H29N3O/c1-12(11-18-2)14(9-15)17-8-4-7-16-6-3-5-13(16)10-17/h12-14H,3-11,15H2,1-2H3. The van der Waals surface area contributed by atoms with Crippen LogP contribution in [0.3, 0.4) is 0 Å². The van der Waals surface area contributed by atoms with Crippen LogP contribution in [0.15, 0.2) is 0 Å². The van der Waals surface area contributed by atoms with Gasteiger partial charge in [0.2, 0.25) is 0 Å². The maximum absolute atomic E-state index is 6.01. The molecular formula is C14H29N3O. The Hall–Kier alpha value is -0.160. The highest BCUT2D eigenvalue weighted by atomic mass is 16.5. The first-order valence-electron chi connectivity index (χ1n) is 7.43. The number of rotatable bonds is 5. The fraction of sp³-hybridized carbons (Fsp3) is 1.00. The van der Waals surface area contributed by atoms with E-state index in [0.717, 1.165) is 19.2 Å².